The summed E-state index contributed by atoms with van der Waals surface area (Å²) in [7, 11) is 0. The molecular formula is C21H21FN5O+. The molecule has 0 spiro atoms. The second kappa shape index (κ2) is 6.45. The number of phenols is 1. The number of rotatable bonds is 3. The molecule has 5 rings (SSSR count). The Hall–Kier alpha value is -3.19. The Balaban J connectivity index is 1.59. The van der Waals surface area contributed by atoms with Crippen LogP contribution in [0.25, 0.3) is 33.5 Å². The van der Waals surface area contributed by atoms with Crippen molar-refractivity contribution in [1.29, 1.82) is 0 Å². The van der Waals surface area contributed by atoms with Crippen LogP contribution in [-0.4, -0.2) is 31.8 Å². The number of H-pyrrole nitrogens is 2. The third kappa shape index (κ3) is 2.66. The number of fused-ring (bicyclic) bond motifs is 2. The van der Waals surface area contributed by atoms with E-state index >= 15 is 0 Å². The highest BCUT2D eigenvalue weighted by atomic mass is 19.1. The first kappa shape index (κ1) is 16.9. The van der Waals surface area contributed by atoms with E-state index in [0.29, 0.717) is 6.42 Å². The van der Waals surface area contributed by atoms with Crippen molar-refractivity contribution in [3.8, 4) is 28.4 Å². The topological polar surface area (TPSA) is 94.2 Å². The van der Waals surface area contributed by atoms with Gasteiger partial charge in [0.25, 0.3) is 0 Å². The van der Waals surface area contributed by atoms with E-state index in [1.165, 1.54) is 17.8 Å². The quantitative estimate of drug-likeness (QED) is 0.441. The van der Waals surface area contributed by atoms with Crippen LogP contribution in [0.5, 0.6) is 5.75 Å². The highest BCUT2D eigenvalue weighted by molar-refractivity contribution is 5.94. The molecule has 0 saturated heterocycles. The molecule has 2 aromatic carbocycles. The number of hydrogen-bond acceptors (Lipinski definition) is 3. The second-order valence-electron chi connectivity index (χ2n) is 7.19. The van der Waals surface area contributed by atoms with E-state index < -0.39 is 5.82 Å². The zero-order chi connectivity index (χ0) is 19.3. The number of aromatic hydroxyl groups is 1. The Kier molecular flexibility index (Phi) is 3.91. The number of quaternary nitrogens is 1. The van der Waals surface area contributed by atoms with Crippen molar-refractivity contribution in [1.82, 2.24) is 20.2 Å². The SMILES string of the molecule is CCc1cc(O)c(F)cc1-c1ccc2c(-c3nc4c([nH]3)C[NH2+]CC4)n[nH]c2c1. The molecule has 7 heteroatoms. The van der Waals surface area contributed by atoms with E-state index in [-0.39, 0.29) is 5.75 Å². The van der Waals surface area contributed by atoms with Crippen molar-refractivity contribution in [3.05, 3.63) is 53.1 Å². The van der Waals surface area contributed by atoms with Crippen LogP contribution in [0.1, 0.15) is 23.9 Å². The molecule has 0 aliphatic carbocycles. The molecule has 1 aliphatic rings. The molecule has 0 bridgehead atoms. The van der Waals surface area contributed by atoms with E-state index in [0.717, 1.165) is 64.3 Å². The van der Waals surface area contributed by atoms with Gasteiger partial charge >= 0.3 is 0 Å². The highest BCUT2D eigenvalue weighted by Crippen LogP contribution is 2.33. The molecule has 0 unspecified atom stereocenters. The van der Waals surface area contributed by atoms with E-state index in [2.05, 4.69) is 20.5 Å². The third-order valence-electron chi connectivity index (χ3n) is 5.45. The number of hydrogen-bond donors (Lipinski definition) is 4. The molecule has 0 radical (unpaired) electrons. The van der Waals surface area contributed by atoms with E-state index in [1.54, 1.807) is 0 Å². The van der Waals surface area contributed by atoms with Gasteiger partial charge in [-0.1, -0.05) is 13.0 Å². The van der Waals surface area contributed by atoms with Gasteiger partial charge in [0.05, 0.1) is 23.4 Å². The molecule has 142 valence electrons. The van der Waals surface area contributed by atoms with Crippen LogP contribution >= 0.6 is 0 Å². The number of imidazole rings is 1. The normalized spacial score (nSPS) is 13.8. The summed E-state index contributed by atoms with van der Waals surface area (Å²) < 4.78 is 13.9. The van der Waals surface area contributed by atoms with Gasteiger partial charge < -0.3 is 15.4 Å². The fourth-order valence-corrected chi connectivity index (χ4v) is 3.95. The minimum absolute atomic E-state index is 0.315. The molecule has 0 saturated carbocycles. The molecule has 0 atom stereocenters. The van der Waals surface area contributed by atoms with Gasteiger partial charge in [0.15, 0.2) is 17.4 Å². The zero-order valence-electron chi connectivity index (χ0n) is 15.5. The zero-order valence-corrected chi connectivity index (χ0v) is 15.5. The molecule has 0 fully saturated rings. The van der Waals surface area contributed by atoms with Crippen molar-refractivity contribution >= 4 is 10.9 Å². The number of phenolic OH excluding ortho intramolecular Hbond substituents is 1. The van der Waals surface area contributed by atoms with Gasteiger partial charge in [0.1, 0.15) is 12.2 Å². The Morgan fingerprint density at radius 1 is 1.25 bits per heavy atom. The van der Waals surface area contributed by atoms with Gasteiger partial charge in [-0.2, -0.15) is 5.10 Å². The molecule has 4 aromatic rings. The molecular weight excluding hydrogens is 357 g/mol. The van der Waals surface area contributed by atoms with Gasteiger partial charge in [-0.3, -0.25) is 5.10 Å². The van der Waals surface area contributed by atoms with Crippen molar-refractivity contribution in [3.63, 3.8) is 0 Å². The maximum Gasteiger partial charge on any atom is 0.165 e. The summed E-state index contributed by atoms with van der Waals surface area (Å²) in [4.78, 5) is 8.14. The lowest BCUT2D eigenvalue weighted by Gasteiger charge is -2.10. The number of halogens is 1. The molecule has 6 nitrogen and oxygen atoms in total. The van der Waals surface area contributed by atoms with Crippen LogP contribution in [0, 0.1) is 5.82 Å². The van der Waals surface area contributed by atoms with E-state index in [1.807, 2.05) is 25.1 Å². The summed E-state index contributed by atoms with van der Waals surface area (Å²) in [6.45, 7) is 3.96. The second-order valence-corrected chi connectivity index (χ2v) is 7.19. The number of nitrogens with two attached hydrogens (primary N) is 1. The lowest BCUT2D eigenvalue weighted by molar-refractivity contribution is -0.674. The van der Waals surface area contributed by atoms with Crippen LogP contribution in [-0.2, 0) is 19.4 Å². The first-order valence-corrected chi connectivity index (χ1v) is 9.53. The van der Waals surface area contributed by atoms with Crippen molar-refractivity contribution < 1.29 is 14.8 Å². The number of nitrogens with one attached hydrogen (secondary N) is 2. The minimum Gasteiger partial charge on any atom is -0.505 e. The van der Waals surface area contributed by atoms with Crippen LogP contribution < -0.4 is 5.32 Å². The average Bonchev–Trinajstić information content (AvgIpc) is 3.32. The highest BCUT2D eigenvalue weighted by Gasteiger charge is 2.20. The number of aryl methyl sites for hydroxylation is 1. The Bertz CT molecular complexity index is 1170. The summed E-state index contributed by atoms with van der Waals surface area (Å²) >= 11 is 0. The van der Waals surface area contributed by atoms with Crippen molar-refractivity contribution in [2.75, 3.05) is 6.54 Å². The Labute approximate surface area is 160 Å². The average molecular weight is 378 g/mol. The van der Waals surface area contributed by atoms with Crippen LogP contribution in [0.2, 0.25) is 0 Å². The predicted octanol–water partition coefficient (Wildman–Crippen LogP) is 2.65. The number of aromatic amines is 2. The largest absolute Gasteiger partial charge is 0.505 e. The maximum atomic E-state index is 13.9. The summed E-state index contributed by atoms with van der Waals surface area (Å²) in [5.74, 6) is -0.149. The molecule has 2 aromatic heterocycles. The van der Waals surface area contributed by atoms with E-state index in [4.69, 9.17) is 4.98 Å². The Morgan fingerprint density at radius 2 is 2.14 bits per heavy atom. The van der Waals surface area contributed by atoms with Gasteiger partial charge in [-0.15, -0.1) is 0 Å². The monoisotopic (exact) mass is 378 g/mol. The maximum absolute atomic E-state index is 13.9. The number of benzene rings is 2. The van der Waals surface area contributed by atoms with Crippen molar-refractivity contribution in [2.45, 2.75) is 26.3 Å². The van der Waals surface area contributed by atoms with Crippen LogP contribution in [0.4, 0.5) is 4.39 Å². The first-order valence-electron chi connectivity index (χ1n) is 9.53. The van der Waals surface area contributed by atoms with Gasteiger partial charge in [-0.05, 0) is 47.4 Å². The molecule has 0 amide bonds. The van der Waals surface area contributed by atoms with E-state index in [9.17, 15) is 9.50 Å². The van der Waals surface area contributed by atoms with Crippen molar-refractivity contribution in [2.24, 2.45) is 0 Å². The number of nitrogens with zero attached hydrogens (tertiary/aromatic N) is 2. The lowest BCUT2D eigenvalue weighted by atomic mass is 9.96. The smallest absolute Gasteiger partial charge is 0.165 e. The fourth-order valence-electron chi connectivity index (χ4n) is 3.95. The van der Waals surface area contributed by atoms with Gasteiger partial charge in [-0.25, -0.2) is 9.37 Å². The lowest BCUT2D eigenvalue weighted by Crippen LogP contribution is -2.84. The number of aromatic nitrogens is 4. The Morgan fingerprint density at radius 3 is 2.96 bits per heavy atom. The summed E-state index contributed by atoms with van der Waals surface area (Å²) in [5, 5.41) is 20.5. The van der Waals surface area contributed by atoms with Gasteiger partial charge in [0, 0.05) is 11.8 Å². The van der Waals surface area contributed by atoms with Gasteiger partial charge in [0.2, 0.25) is 0 Å². The summed E-state index contributed by atoms with van der Waals surface area (Å²) in [6, 6.07) is 8.80. The minimum atomic E-state index is -0.615. The van der Waals surface area contributed by atoms with Crippen LogP contribution in [0.15, 0.2) is 30.3 Å². The van der Waals surface area contributed by atoms with Crippen LogP contribution in [0.3, 0.4) is 0 Å². The predicted molar refractivity (Wildman–Crippen MR) is 104 cm³/mol. The summed E-state index contributed by atoms with van der Waals surface area (Å²) in [6.07, 6.45) is 1.66. The third-order valence-corrected chi connectivity index (χ3v) is 5.45. The molecule has 1 aliphatic heterocycles. The first-order chi connectivity index (χ1) is 13.6. The standard InChI is InChI=1S/C21H20FN5O/c1-2-11-8-19(28)15(22)9-14(11)12-3-4-13-17(7-12)26-27-20(13)21-24-16-5-6-23-10-18(16)25-21/h3-4,7-9,23,28H,2,5-6,10H2,1H3,(H,24,25)(H,26,27)/p+1. The molecule has 28 heavy (non-hydrogen) atoms. The molecule has 5 N–H and O–H groups in total. The molecule has 3 heterocycles. The fraction of sp³-hybridized carbons (Fsp3) is 0.238. The summed E-state index contributed by atoms with van der Waals surface area (Å²) in [5.41, 5.74) is 6.51.